The third kappa shape index (κ3) is 2.80. The average Bonchev–Trinajstić information content (AvgIpc) is 2.09. The Labute approximate surface area is 87.0 Å². The highest BCUT2D eigenvalue weighted by Gasteiger charge is 2.09. The molecule has 0 unspecified atom stereocenters. The summed E-state index contributed by atoms with van der Waals surface area (Å²) in [6.45, 7) is -0.800. The van der Waals surface area contributed by atoms with Gasteiger partial charge in [0.05, 0.1) is 10.2 Å². The minimum atomic E-state index is -2.61. The second kappa shape index (κ2) is 4.54. The predicted octanol–water partition coefficient (Wildman–Crippen LogP) is 2.81. The molecule has 0 heterocycles. The molecule has 0 amide bonds. The maximum Gasteiger partial charge on any atom is 0.272 e. The van der Waals surface area contributed by atoms with Gasteiger partial charge in [0, 0.05) is 6.07 Å². The molecule has 2 nitrogen and oxygen atoms in total. The molecule has 0 bridgehead atoms. The SMILES string of the molecule is Nc1cc(Br)c(F)cc1OCC(F)F. The van der Waals surface area contributed by atoms with Crippen molar-refractivity contribution in [3.8, 4) is 5.75 Å². The van der Waals surface area contributed by atoms with E-state index in [1.807, 2.05) is 0 Å². The number of alkyl halides is 2. The fraction of sp³-hybridized carbons (Fsp3) is 0.250. The van der Waals surface area contributed by atoms with Gasteiger partial charge in [0.2, 0.25) is 0 Å². The highest BCUT2D eigenvalue weighted by atomic mass is 79.9. The van der Waals surface area contributed by atoms with Gasteiger partial charge in [-0.2, -0.15) is 0 Å². The molecule has 0 aliphatic heterocycles. The van der Waals surface area contributed by atoms with Crippen molar-refractivity contribution in [3.05, 3.63) is 22.4 Å². The van der Waals surface area contributed by atoms with E-state index in [9.17, 15) is 13.2 Å². The molecular weight excluding hydrogens is 263 g/mol. The number of benzene rings is 1. The summed E-state index contributed by atoms with van der Waals surface area (Å²) in [7, 11) is 0. The number of halogens is 4. The standard InChI is InChI=1S/C8H7BrF3NO/c9-4-1-6(13)7(2-5(4)10)14-3-8(11)12/h1-2,8H,3,13H2. The van der Waals surface area contributed by atoms with Crippen LogP contribution in [0.15, 0.2) is 16.6 Å². The number of rotatable bonds is 3. The maximum absolute atomic E-state index is 12.9. The molecule has 0 aliphatic rings. The van der Waals surface area contributed by atoms with Gasteiger partial charge in [0.15, 0.2) is 0 Å². The lowest BCUT2D eigenvalue weighted by Crippen LogP contribution is -2.08. The van der Waals surface area contributed by atoms with Crippen molar-refractivity contribution in [2.45, 2.75) is 6.43 Å². The molecule has 6 heteroatoms. The number of ether oxygens (including phenoxy) is 1. The zero-order chi connectivity index (χ0) is 10.7. The summed E-state index contributed by atoms with van der Waals surface area (Å²) in [6.07, 6.45) is -2.61. The predicted molar refractivity (Wildman–Crippen MR) is 50.0 cm³/mol. The molecule has 1 aromatic carbocycles. The Morgan fingerprint density at radius 2 is 2.07 bits per heavy atom. The topological polar surface area (TPSA) is 35.2 Å². The molecule has 0 saturated carbocycles. The van der Waals surface area contributed by atoms with Crippen LogP contribution in [0.5, 0.6) is 5.75 Å². The molecule has 0 fully saturated rings. The van der Waals surface area contributed by atoms with Crippen molar-refractivity contribution in [1.82, 2.24) is 0 Å². The van der Waals surface area contributed by atoms with Crippen LogP contribution in [0.2, 0.25) is 0 Å². The lowest BCUT2D eigenvalue weighted by atomic mass is 10.3. The minimum Gasteiger partial charge on any atom is -0.485 e. The second-order valence-corrected chi connectivity index (χ2v) is 3.36. The number of anilines is 1. The first-order valence-corrected chi connectivity index (χ1v) is 4.45. The van der Waals surface area contributed by atoms with E-state index in [0.29, 0.717) is 0 Å². The fourth-order valence-corrected chi connectivity index (χ4v) is 1.18. The normalized spacial score (nSPS) is 10.6. The molecule has 78 valence electrons. The monoisotopic (exact) mass is 269 g/mol. The molecular formula is C8H7BrF3NO. The molecule has 0 aliphatic carbocycles. The summed E-state index contributed by atoms with van der Waals surface area (Å²) >= 11 is 2.90. The first kappa shape index (κ1) is 11.2. The van der Waals surface area contributed by atoms with Crippen LogP contribution in [-0.2, 0) is 0 Å². The zero-order valence-electron chi connectivity index (χ0n) is 6.94. The molecule has 0 spiro atoms. The van der Waals surface area contributed by atoms with E-state index < -0.39 is 18.8 Å². The third-order valence-electron chi connectivity index (χ3n) is 1.42. The van der Waals surface area contributed by atoms with Crippen LogP contribution in [-0.4, -0.2) is 13.0 Å². The Morgan fingerprint density at radius 3 is 2.64 bits per heavy atom. The first-order chi connectivity index (χ1) is 6.50. The molecule has 0 saturated heterocycles. The van der Waals surface area contributed by atoms with Gasteiger partial charge in [-0.15, -0.1) is 0 Å². The summed E-state index contributed by atoms with van der Waals surface area (Å²) in [5.74, 6) is -0.686. The maximum atomic E-state index is 12.9. The molecule has 1 rings (SSSR count). The first-order valence-electron chi connectivity index (χ1n) is 3.66. The second-order valence-electron chi connectivity index (χ2n) is 2.51. The van der Waals surface area contributed by atoms with Crippen LogP contribution < -0.4 is 10.5 Å². The number of hydrogen-bond donors (Lipinski definition) is 1. The van der Waals surface area contributed by atoms with E-state index in [0.717, 1.165) is 6.07 Å². The van der Waals surface area contributed by atoms with E-state index in [1.54, 1.807) is 0 Å². The Kier molecular flexibility index (Phi) is 3.62. The Balaban J connectivity index is 2.82. The number of hydrogen-bond acceptors (Lipinski definition) is 2. The van der Waals surface area contributed by atoms with Gasteiger partial charge in [-0.3, -0.25) is 0 Å². The number of nitrogens with two attached hydrogens (primary N) is 1. The smallest absolute Gasteiger partial charge is 0.272 e. The average molecular weight is 270 g/mol. The van der Waals surface area contributed by atoms with Gasteiger partial charge in [-0.05, 0) is 22.0 Å². The fourth-order valence-electron chi connectivity index (χ4n) is 0.822. The molecule has 2 N–H and O–H groups in total. The van der Waals surface area contributed by atoms with Crippen molar-refractivity contribution in [2.24, 2.45) is 0 Å². The van der Waals surface area contributed by atoms with Crippen molar-refractivity contribution in [2.75, 3.05) is 12.3 Å². The van der Waals surface area contributed by atoms with Crippen molar-refractivity contribution in [3.63, 3.8) is 0 Å². The minimum absolute atomic E-state index is 0.0778. The van der Waals surface area contributed by atoms with Crippen LogP contribution in [0.25, 0.3) is 0 Å². The van der Waals surface area contributed by atoms with Gasteiger partial charge < -0.3 is 10.5 Å². The molecule has 0 atom stereocenters. The van der Waals surface area contributed by atoms with Crippen molar-refractivity contribution >= 4 is 21.6 Å². The van der Waals surface area contributed by atoms with Gasteiger partial charge in [-0.25, -0.2) is 13.2 Å². The summed E-state index contributed by atoms with van der Waals surface area (Å²) < 4.78 is 41.2. The molecule has 14 heavy (non-hydrogen) atoms. The van der Waals surface area contributed by atoms with Gasteiger partial charge >= 0.3 is 0 Å². The van der Waals surface area contributed by atoms with Crippen LogP contribution in [0.4, 0.5) is 18.9 Å². The van der Waals surface area contributed by atoms with Crippen LogP contribution in [0.1, 0.15) is 0 Å². The summed E-state index contributed by atoms with van der Waals surface area (Å²) in [5, 5.41) is 0. The summed E-state index contributed by atoms with van der Waals surface area (Å²) in [4.78, 5) is 0. The van der Waals surface area contributed by atoms with Gasteiger partial charge in [0.25, 0.3) is 6.43 Å². The van der Waals surface area contributed by atoms with E-state index in [-0.39, 0.29) is 15.9 Å². The van der Waals surface area contributed by atoms with Crippen LogP contribution in [0, 0.1) is 5.82 Å². The van der Waals surface area contributed by atoms with Crippen molar-refractivity contribution < 1.29 is 17.9 Å². The van der Waals surface area contributed by atoms with Gasteiger partial charge in [-0.1, -0.05) is 0 Å². The quantitative estimate of drug-likeness (QED) is 0.857. The van der Waals surface area contributed by atoms with Crippen LogP contribution >= 0.6 is 15.9 Å². The summed E-state index contributed by atoms with van der Waals surface area (Å²) in [6, 6.07) is 2.22. The molecule has 0 aromatic heterocycles. The largest absolute Gasteiger partial charge is 0.485 e. The third-order valence-corrected chi connectivity index (χ3v) is 2.03. The summed E-state index contributed by atoms with van der Waals surface area (Å²) in [5.41, 5.74) is 5.52. The lowest BCUT2D eigenvalue weighted by molar-refractivity contribution is 0.0821. The van der Waals surface area contributed by atoms with E-state index in [1.165, 1.54) is 6.07 Å². The van der Waals surface area contributed by atoms with Crippen LogP contribution in [0.3, 0.4) is 0 Å². The Hall–Kier alpha value is -0.910. The highest BCUT2D eigenvalue weighted by molar-refractivity contribution is 9.10. The van der Waals surface area contributed by atoms with Gasteiger partial charge in [0.1, 0.15) is 18.2 Å². The van der Waals surface area contributed by atoms with E-state index in [2.05, 4.69) is 20.7 Å². The highest BCUT2D eigenvalue weighted by Crippen LogP contribution is 2.28. The lowest BCUT2D eigenvalue weighted by Gasteiger charge is -2.08. The van der Waals surface area contributed by atoms with Crippen molar-refractivity contribution in [1.29, 1.82) is 0 Å². The molecule has 1 aromatic rings. The zero-order valence-corrected chi connectivity index (χ0v) is 8.52. The Morgan fingerprint density at radius 1 is 1.43 bits per heavy atom. The van der Waals surface area contributed by atoms with E-state index >= 15 is 0 Å². The Bertz CT molecular complexity index is 333. The molecule has 0 radical (unpaired) electrons. The number of nitrogen functional groups attached to an aromatic ring is 1. The van der Waals surface area contributed by atoms with E-state index in [4.69, 9.17) is 5.73 Å².